The predicted octanol–water partition coefficient (Wildman–Crippen LogP) is 3.15. The summed E-state index contributed by atoms with van der Waals surface area (Å²) >= 11 is 0. The van der Waals surface area contributed by atoms with Crippen LogP contribution in [0.1, 0.15) is 16.7 Å². The number of ether oxygens (including phenoxy) is 2. The van der Waals surface area contributed by atoms with E-state index >= 15 is 0 Å². The van der Waals surface area contributed by atoms with Crippen molar-refractivity contribution in [3.63, 3.8) is 0 Å². The van der Waals surface area contributed by atoms with Crippen LogP contribution in [-0.2, 0) is 13.1 Å². The molecular weight excluding hydrogens is 257 g/mol. The summed E-state index contributed by atoms with van der Waals surface area (Å²) in [5, 5.41) is 3.34. The largest absolute Gasteiger partial charge is 0.454 e. The standard InChI is InChI=1S/C16H16FNO2/c1-11-6-12(2-4-14(11)17)8-18-9-13-3-5-15-16(7-13)20-10-19-15/h2-7,18H,8-10H2,1H3. The van der Waals surface area contributed by atoms with Crippen LogP contribution in [0.25, 0.3) is 0 Å². The summed E-state index contributed by atoms with van der Waals surface area (Å²) in [7, 11) is 0. The van der Waals surface area contributed by atoms with Gasteiger partial charge in [-0.05, 0) is 41.8 Å². The fourth-order valence-corrected chi connectivity index (χ4v) is 2.22. The van der Waals surface area contributed by atoms with Crippen molar-refractivity contribution < 1.29 is 13.9 Å². The molecule has 0 spiro atoms. The van der Waals surface area contributed by atoms with Crippen molar-refractivity contribution in [2.24, 2.45) is 0 Å². The lowest BCUT2D eigenvalue weighted by atomic mass is 10.1. The first kappa shape index (κ1) is 12.9. The first-order chi connectivity index (χ1) is 9.72. The molecule has 0 radical (unpaired) electrons. The maximum Gasteiger partial charge on any atom is 0.231 e. The first-order valence-corrected chi connectivity index (χ1v) is 6.56. The number of nitrogens with one attached hydrogen (secondary N) is 1. The van der Waals surface area contributed by atoms with Crippen molar-refractivity contribution in [3.8, 4) is 11.5 Å². The highest BCUT2D eigenvalue weighted by atomic mass is 19.1. The number of benzene rings is 2. The zero-order chi connectivity index (χ0) is 13.9. The van der Waals surface area contributed by atoms with Crippen LogP contribution in [0.15, 0.2) is 36.4 Å². The third kappa shape index (κ3) is 2.75. The van der Waals surface area contributed by atoms with E-state index in [1.807, 2.05) is 24.3 Å². The van der Waals surface area contributed by atoms with E-state index < -0.39 is 0 Å². The molecule has 2 aromatic carbocycles. The number of halogens is 1. The smallest absolute Gasteiger partial charge is 0.231 e. The molecule has 104 valence electrons. The van der Waals surface area contributed by atoms with E-state index in [-0.39, 0.29) is 5.82 Å². The van der Waals surface area contributed by atoms with Crippen molar-refractivity contribution in [1.82, 2.24) is 5.32 Å². The second kappa shape index (κ2) is 5.51. The lowest BCUT2D eigenvalue weighted by Crippen LogP contribution is -2.12. The summed E-state index contributed by atoms with van der Waals surface area (Å²) in [6.07, 6.45) is 0. The van der Waals surface area contributed by atoms with Gasteiger partial charge >= 0.3 is 0 Å². The maximum atomic E-state index is 13.2. The lowest BCUT2D eigenvalue weighted by Gasteiger charge is -2.07. The Morgan fingerprint density at radius 3 is 2.50 bits per heavy atom. The average molecular weight is 273 g/mol. The molecule has 0 fully saturated rings. The molecule has 0 saturated heterocycles. The molecular formula is C16H16FNO2. The summed E-state index contributed by atoms with van der Waals surface area (Å²) in [6.45, 7) is 3.50. The van der Waals surface area contributed by atoms with Crippen molar-refractivity contribution in [3.05, 3.63) is 58.9 Å². The molecule has 0 aliphatic carbocycles. The van der Waals surface area contributed by atoms with Gasteiger partial charge in [0.15, 0.2) is 11.5 Å². The number of aryl methyl sites for hydroxylation is 1. The molecule has 0 unspecified atom stereocenters. The van der Waals surface area contributed by atoms with E-state index in [2.05, 4.69) is 5.32 Å². The van der Waals surface area contributed by atoms with Crippen LogP contribution in [0, 0.1) is 12.7 Å². The molecule has 20 heavy (non-hydrogen) atoms. The monoisotopic (exact) mass is 273 g/mol. The van der Waals surface area contributed by atoms with E-state index in [0.29, 0.717) is 18.9 Å². The summed E-state index contributed by atoms with van der Waals surface area (Å²) in [5.41, 5.74) is 2.88. The minimum absolute atomic E-state index is 0.162. The fraction of sp³-hybridized carbons (Fsp3) is 0.250. The molecule has 1 aliphatic rings. The van der Waals surface area contributed by atoms with Crippen LogP contribution in [0.5, 0.6) is 11.5 Å². The van der Waals surface area contributed by atoms with Crippen LogP contribution in [0.3, 0.4) is 0 Å². The van der Waals surface area contributed by atoms with Crippen LogP contribution in [-0.4, -0.2) is 6.79 Å². The topological polar surface area (TPSA) is 30.5 Å². The van der Waals surface area contributed by atoms with Crippen LogP contribution >= 0.6 is 0 Å². The number of fused-ring (bicyclic) bond motifs is 1. The van der Waals surface area contributed by atoms with Crippen LogP contribution in [0.4, 0.5) is 4.39 Å². The normalized spacial score (nSPS) is 12.7. The van der Waals surface area contributed by atoms with Crippen LogP contribution in [0.2, 0.25) is 0 Å². The van der Waals surface area contributed by atoms with Gasteiger partial charge in [-0.3, -0.25) is 0 Å². The van der Waals surface area contributed by atoms with Gasteiger partial charge in [-0.15, -0.1) is 0 Å². The molecule has 4 heteroatoms. The van der Waals surface area contributed by atoms with E-state index in [4.69, 9.17) is 9.47 Å². The Hall–Kier alpha value is -2.07. The Morgan fingerprint density at radius 1 is 1.00 bits per heavy atom. The van der Waals surface area contributed by atoms with Gasteiger partial charge in [0.2, 0.25) is 6.79 Å². The van der Waals surface area contributed by atoms with Gasteiger partial charge in [0.1, 0.15) is 5.82 Å². The SMILES string of the molecule is Cc1cc(CNCc2ccc3c(c2)OCO3)ccc1F. The third-order valence-electron chi connectivity index (χ3n) is 3.32. The molecule has 1 heterocycles. The third-order valence-corrected chi connectivity index (χ3v) is 3.32. The zero-order valence-corrected chi connectivity index (χ0v) is 11.3. The summed E-state index contributed by atoms with van der Waals surface area (Å²) in [5.74, 6) is 1.43. The van der Waals surface area contributed by atoms with Crippen LogP contribution < -0.4 is 14.8 Å². The number of rotatable bonds is 4. The first-order valence-electron chi connectivity index (χ1n) is 6.56. The highest BCUT2D eigenvalue weighted by molar-refractivity contribution is 5.44. The van der Waals surface area contributed by atoms with Gasteiger partial charge in [0, 0.05) is 13.1 Å². The molecule has 1 aliphatic heterocycles. The number of hydrogen-bond donors (Lipinski definition) is 1. The lowest BCUT2D eigenvalue weighted by molar-refractivity contribution is 0.174. The zero-order valence-electron chi connectivity index (χ0n) is 11.3. The molecule has 3 nitrogen and oxygen atoms in total. The molecule has 0 saturated carbocycles. The molecule has 0 bridgehead atoms. The molecule has 0 amide bonds. The van der Waals surface area contributed by atoms with E-state index in [1.54, 1.807) is 13.0 Å². The highest BCUT2D eigenvalue weighted by Crippen LogP contribution is 2.32. The summed E-state index contributed by atoms with van der Waals surface area (Å²) in [6, 6.07) is 11.1. The number of hydrogen-bond acceptors (Lipinski definition) is 3. The van der Waals surface area contributed by atoms with Gasteiger partial charge < -0.3 is 14.8 Å². The van der Waals surface area contributed by atoms with Gasteiger partial charge in [-0.1, -0.05) is 18.2 Å². The quantitative estimate of drug-likeness (QED) is 0.928. The Labute approximate surface area is 117 Å². The Balaban J connectivity index is 1.58. The second-order valence-corrected chi connectivity index (χ2v) is 4.87. The molecule has 0 aromatic heterocycles. The van der Waals surface area contributed by atoms with Gasteiger partial charge in [-0.25, -0.2) is 4.39 Å². The fourth-order valence-electron chi connectivity index (χ4n) is 2.22. The summed E-state index contributed by atoms with van der Waals surface area (Å²) < 4.78 is 23.8. The van der Waals surface area contributed by atoms with Crippen molar-refractivity contribution >= 4 is 0 Å². The van der Waals surface area contributed by atoms with Gasteiger partial charge in [0.05, 0.1) is 0 Å². The molecule has 0 atom stereocenters. The van der Waals surface area contributed by atoms with Crippen molar-refractivity contribution in [2.45, 2.75) is 20.0 Å². The minimum Gasteiger partial charge on any atom is -0.454 e. The van der Waals surface area contributed by atoms with E-state index in [0.717, 1.165) is 29.2 Å². The van der Waals surface area contributed by atoms with Gasteiger partial charge in [-0.2, -0.15) is 0 Å². The van der Waals surface area contributed by atoms with E-state index in [1.165, 1.54) is 6.07 Å². The van der Waals surface area contributed by atoms with E-state index in [9.17, 15) is 4.39 Å². The molecule has 1 N–H and O–H groups in total. The van der Waals surface area contributed by atoms with Crippen molar-refractivity contribution in [2.75, 3.05) is 6.79 Å². The Morgan fingerprint density at radius 2 is 1.70 bits per heavy atom. The minimum atomic E-state index is -0.162. The average Bonchev–Trinajstić information content (AvgIpc) is 2.90. The highest BCUT2D eigenvalue weighted by Gasteiger charge is 2.12. The summed E-state index contributed by atoms with van der Waals surface area (Å²) in [4.78, 5) is 0. The second-order valence-electron chi connectivity index (χ2n) is 4.87. The predicted molar refractivity (Wildman–Crippen MR) is 74.2 cm³/mol. The molecule has 3 rings (SSSR count). The maximum absolute atomic E-state index is 13.2. The Bertz CT molecular complexity index is 628. The van der Waals surface area contributed by atoms with Gasteiger partial charge in [0.25, 0.3) is 0 Å². The van der Waals surface area contributed by atoms with Crippen molar-refractivity contribution in [1.29, 1.82) is 0 Å². The Kier molecular flexibility index (Phi) is 3.56. The molecule has 2 aromatic rings.